The number of aromatic nitrogens is 1. The van der Waals surface area contributed by atoms with Crippen molar-refractivity contribution in [2.45, 2.75) is 0 Å². The van der Waals surface area contributed by atoms with E-state index >= 15 is 0 Å². The summed E-state index contributed by atoms with van der Waals surface area (Å²) in [6.45, 7) is 0. The number of halogens is 1. The van der Waals surface area contributed by atoms with Crippen molar-refractivity contribution in [3.63, 3.8) is 0 Å². The summed E-state index contributed by atoms with van der Waals surface area (Å²) in [7, 11) is 0. The van der Waals surface area contributed by atoms with Crippen LogP contribution in [0.25, 0.3) is 0 Å². The van der Waals surface area contributed by atoms with Gasteiger partial charge in [0.05, 0.1) is 6.20 Å². The first-order valence-corrected chi connectivity index (χ1v) is 2.62. The first-order chi connectivity index (χ1) is 5.18. The Balaban J connectivity index is 2.74. The summed E-state index contributed by atoms with van der Waals surface area (Å²) in [4.78, 5) is 16.8. The van der Waals surface area contributed by atoms with Crippen LogP contribution in [0, 0.1) is 16.1 Å². The molecule has 5 nitrogen and oxygen atoms in total. The lowest BCUT2D eigenvalue weighted by molar-refractivity contribution is -0.711. The molecule has 1 aromatic rings. The second-order valence-corrected chi connectivity index (χ2v) is 1.63. The summed E-state index contributed by atoms with van der Waals surface area (Å²) in [6.07, 6.45) is 0.929. The average molecular weight is 158 g/mol. The summed E-state index contributed by atoms with van der Waals surface area (Å²) >= 11 is 0. The van der Waals surface area contributed by atoms with E-state index in [1.165, 1.54) is 0 Å². The third-order valence-corrected chi connectivity index (χ3v) is 0.880. The van der Waals surface area contributed by atoms with Crippen LogP contribution in [0.15, 0.2) is 18.3 Å². The largest absolute Gasteiger partial charge is 0.299 e. The lowest BCUT2D eigenvalue weighted by atomic mass is 10.5. The van der Waals surface area contributed by atoms with E-state index < -0.39 is 11.0 Å². The van der Waals surface area contributed by atoms with Crippen LogP contribution in [0.1, 0.15) is 0 Å². The third kappa shape index (κ3) is 2.17. The van der Waals surface area contributed by atoms with Crippen LogP contribution < -0.4 is 4.84 Å². The van der Waals surface area contributed by atoms with E-state index in [4.69, 9.17) is 0 Å². The Morgan fingerprint density at radius 2 is 2.36 bits per heavy atom. The van der Waals surface area contributed by atoms with E-state index in [1.807, 2.05) is 0 Å². The minimum atomic E-state index is -0.991. The fourth-order valence-electron chi connectivity index (χ4n) is 0.502. The first-order valence-electron chi connectivity index (χ1n) is 2.62. The van der Waals surface area contributed by atoms with Gasteiger partial charge in [-0.1, -0.05) is 0 Å². The first kappa shape index (κ1) is 7.39. The smallest absolute Gasteiger partial charge is 0.275 e. The monoisotopic (exact) mass is 158 g/mol. The second-order valence-electron chi connectivity index (χ2n) is 1.63. The average Bonchev–Trinajstić information content (AvgIpc) is 1.93. The Morgan fingerprint density at radius 3 is 2.82 bits per heavy atom. The number of hydrogen-bond donors (Lipinski definition) is 0. The molecule has 0 bridgehead atoms. The van der Waals surface area contributed by atoms with Crippen LogP contribution in [0.4, 0.5) is 4.39 Å². The van der Waals surface area contributed by atoms with Crippen LogP contribution in [-0.4, -0.2) is 10.1 Å². The van der Waals surface area contributed by atoms with Gasteiger partial charge in [-0.05, 0) is 12.1 Å². The van der Waals surface area contributed by atoms with Gasteiger partial charge >= 0.3 is 0 Å². The Bertz CT molecular complexity index is 261. The SMILES string of the molecule is O=[N+]([O-])Oc1ccc(F)nc1. The number of pyridine rings is 1. The van der Waals surface area contributed by atoms with Gasteiger partial charge in [0.25, 0.3) is 5.09 Å². The van der Waals surface area contributed by atoms with Gasteiger partial charge < -0.3 is 0 Å². The predicted molar refractivity (Wildman–Crippen MR) is 31.8 cm³/mol. The van der Waals surface area contributed by atoms with Crippen molar-refractivity contribution in [3.05, 3.63) is 34.4 Å². The molecule has 1 rings (SSSR count). The molecule has 0 aromatic carbocycles. The Hall–Kier alpha value is -1.72. The van der Waals surface area contributed by atoms with Crippen molar-refractivity contribution in [1.29, 1.82) is 0 Å². The molecule has 0 radical (unpaired) electrons. The number of nitrogens with zero attached hydrogens (tertiary/aromatic N) is 2. The summed E-state index contributed by atoms with van der Waals surface area (Å²) in [5, 5.41) is 8.72. The van der Waals surface area contributed by atoms with E-state index in [0.717, 1.165) is 18.3 Å². The second kappa shape index (κ2) is 2.91. The van der Waals surface area contributed by atoms with Gasteiger partial charge in [0, 0.05) is 0 Å². The van der Waals surface area contributed by atoms with Crippen molar-refractivity contribution in [3.8, 4) is 5.75 Å². The van der Waals surface area contributed by atoms with Gasteiger partial charge in [0.1, 0.15) is 5.75 Å². The predicted octanol–water partition coefficient (Wildman–Crippen LogP) is 0.791. The van der Waals surface area contributed by atoms with Gasteiger partial charge in [-0.3, -0.25) is 4.84 Å². The molecule has 0 N–H and O–H groups in total. The summed E-state index contributed by atoms with van der Waals surface area (Å²) in [6, 6.07) is 2.09. The van der Waals surface area contributed by atoms with E-state index in [9.17, 15) is 14.5 Å². The maximum atomic E-state index is 12.1. The van der Waals surface area contributed by atoms with Crippen LogP contribution in [-0.2, 0) is 0 Å². The van der Waals surface area contributed by atoms with Crippen LogP contribution in [0.3, 0.4) is 0 Å². The minimum Gasteiger partial charge on any atom is -0.275 e. The van der Waals surface area contributed by atoms with Crippen molar-refractivity contribution in [2.75, 3.05) is 0 Å². The highest BCUT2D eigenvalue weighted by Crippen LogP contribution is 2.07. The Labute approximate surface area is 60.5 Å². The topological polar surface area (TPSA) is 65.3 Å². The molecule has 0 aliphatic heterocycles. The zero-order valence-corrected chi connectivity index (χ0v) is 5.23. The zero-order valence-electron chi connectivity index (χ0n) is 5.23. The molecule has 0 fully saturated rings. The van der Waals surface area contributed by atoms with E-state index in [2.05, 4.69) is 9.82 Å². The lowest BCUT2D eigenvalue weighted by Crippen LogP contribution is -2.03. The van der Waals surface area contributed by atoms with Crippen molar-refractivity contribution >= 4 is 0 Å². The normalized spacial score (nSPS) is 9.18. The third-order valence-electron chi connectivity index (χ3n) is 0.880. The van der Waals surface area contributed by atoms with Gasteiger partial charge in [-0.15, -0.1) is 10.1 Å². The molecule has 0 saturated carbocycles. The molecule has 1 heterocycles. The lowest BCUT2D eigenvalue weighted by Gasteiger charge is -1.94. The molecule has 0 atom stereocenters. The molecule has 0 spiro atoms. The summed E-state index contributed by atoms with van der Waals surface area (Å²) < 4.78 is 12.1. The standard InChI is InChI=1S/C5H3FN2O3/c6-5-2-1-4(3-7-5)11-8(9)10/h1-3H. The highest BCUT2D eigenvalue weighted by atomic mass is 19.1. The number of hydrogen-bond acceptors (Lipinski definition) is 4. The number of rotatable bonds is 2. The fourth-order valence-corrected chi connectivity index (χ4v) is 0.502. The van der Waals surface area contributed by atoms with E-state index in [0.29, 0.717) is 0 Å². The molecule has 6 heteroatoms. The maximum absolute atomic E-state index is 12.1. The molecule has 11 heavy (non-hydrogen) atoms. The highest BCUT2D eigenvalue weighted by molar-refractivity contribution is 5.14. The molecule has 0 aliphatic carbocycles. The zero-order chi connectivity index (χ0) is 8.27. The van der Waals surface area contributed by atoms with E-state index in [1.54, 1.807) is 0 Å². The molecular formula is C5H3FN2O3. The van der Waals surface area contributed by atoms with Crippen molar-refractivity contribution in [1.82, 2.24) is 4.98 Å². The molecule has 58 valence electrons. The van der Waals surface area contributed by atoms with Crippen molar-refractivity contribution in [2.24, 2.45) is 0 Å². The van der Waals surface area contributed by atoms with E-state index in [-0.39, 0.29) is 5.75 Å². The van der Waals surface area contributed by atoms with Crippen molar-refractivity contribution < 1.29 is 14.3 Å². The maximum Gasteiger partial charge on any atom is 0.299 e. The van der Waals surface area contributed by atoms with Crippen LogP contribution >= 0.6 is 0 Å². The minimum absolute atomic E-state index is 0.101. The molecular weight excluding hydrogens is 155 g/mol. The molecule has 1 aromatic heterocycles. The van der Waals surface area contributed by atoms with Gasteiger partial charge in [0.2, 0.25) is 5.95 Å². The summed E-state index contributed by atoms with van der Waals surface area (Å²) in [5.41, 5.74) is 0. The van der Waals surface area contributed by atoms with Gasteiger partial charge in [-0.2, -0.15) is 4.39 Å². The van der Waals surface area contributed by atoms with Crippen LogP contribution in [0.5, 0.6) is 5.75 Å². The van der Waals surface area contributed by atoms with Gasteiger partial charge in [-0.25, -0.2) is 4.98 Å². The molecule has 0 saturated heterocycles. The molecule has 0 amide bonds. The Kier molecular flexibility index (Phi) is 1.95. The van der Waals surface area contributed by atoms with Gasteiger partial charge in [0.15, 0.2) is 0 Å². The fraction of sp³-hybridized carbons (Fsp3) is 0. The van der Waals surface area contributed by atoms with Crippen LogP contribution in [0.2, 0.25) is 0 Å². The summed E-state index contributed by atoms with van der Waals surface area (Å²) in [5.74, 6) is -0.808. The quantitative estimate of drug-likeness (QED) is 0.362. The Morgan fingerprint density at radius 1 is 1.64 bits per heavy atom. The molecule has 0 aliphatic rings. The molecule has 0 unspecified atom stereocenters. The highest BCUT2D eigenvalue weighted by Gasteiger charge is 1.98.